The van der Waals surface area contributed by atoms with Crippen LogP contribution in [0.15, 0.2) is 97.7 Å². The molecule has 0 aliphatic rings. The predicted molar refractivity (Wildman–Crippen MR) is 138 cm³/mol. The first-order chi connectivity index (χ1) is 18.4. The monoisotopic (exact) mass is 512 g/mol. The molecule has 0 fully saturated rings. The predicted octanol–water partition coefficient (Wildman–Crippen LogP) is 6.25. The van der Waals surface area contributed by atoms with Gasteiger partial charge < -0.3 is 4.98 Å². The molecule has 7 nitrogen and oxygen atoms in total. The first-order valence-corrected chi connectivity index (χ1v) is 11.7. The van der Waals surface area contributed by atoms with Gasteiger partial charge in [-0.05, 0) is 35.2 Å². The zero-order valence-electron chi connectivity index (χ0n) is 19.7. The molecule has 38 heavy (non-hydrogen) atoms. The summed E-state index contributed by atoms with van der Waals surface area (Å²) in [5.41, 5.74) is 3.14. The molecule has 0 saturated carbocycles. The number of benzene rings is 3. The quantitative estimate of drug-likeness (QED) is 0.296. The Kier molecular flexibility index (Phi) is 5.64. The van der Waals surface area contributed by atoms with Crippen LogP contribution in [0.2, 0.25) is 0 Å². The standard InChI is InChI=1S/C28H19F3N6O/c29-28(30,31)27(38)37(24-10-4-7-19-6-1-2-9-22(19)24)21-8-3-5-18(13-21)15-36-16-20(14-35-36)25-23-11-12-32-26(23)34-17-33-25/h1-14,16-17H,15H2,(H,32,33,34). The van der Waals surface area contributed by atoms with E-state index in [2.05, 4.69) is 20.1 Å². The molecular formula is C28H19F3N6O. The fraction of sp³-hybridized carbons (Fsp3) is 0.0714. The third kappa shape index (κ3) is 4.26. The molecule has 6 rings (SSSR count). The smallest absolute Gasteiger partial charge is 0.346 e. The Morgan fingerprint density at radius 2 is 1.76 bits per heavy atom. The van der Waals surface area contributed by atoms with Crippen LogP contribution >= 0.6 is 0 Å². The summed E-state index contributed by atoms with van der Waals surface area (Å²) >= 11 is 0. The first-order valence-electron chi connectivity index (χ1n) is 11.7. The van der Waals surface area contributed by atoms with Crippen LogP contribution in [-0.2, 0) is 11.3 Å². The van der Waals surface area contributed by atoms with Crippen molar-refractivity contribution in [3.05, 3.63) is 103 Å². The third-order valence-electron chi connectivity index (χ3n) is 6.23. The summed E-state index contributed by atoms with van der Waals surface area (Å²) in [6, 6.07) is 20.3. The minimum absolute atomic E-state index is 0.110. The van der Waals surface area contributed by atoms with Gasteiger partial charge in [0.2, 0.25) is 0 Å². The second-order valence-electron chi connectivity index (χ2n) is 8.70. The lowest BCUT2D eigenvalue weighted by molar-refractivity contribution is -0.169. The van der Waals surface area contributed by atoms with Crippen molar-refractivity contribution in [1.82, 2.24) is 24.7 Å². The molecular weight excluding hydrogens is 493 g/mol. The number of carbonyl (C=O) groups excluding carboxylic acids is 1. The molecule has 0 radical (unpaired) electrons. The number of aromatic amines is 1. The molecule has 3 aromatic heterocycles. The van der Waals surface area contributed by atoms with Gasteiger partial charge in [-0.3, -0.25) is 14.4 Å². The highest BCUT2D eigenvalue weighted by atomic mass is 19.4. The number of H-pyrrole nitrogens is 1. The highest BCUT2D eigenvalue weighted by Gasteiger charge is 2.44. The van der Waals surface area contributed by atoms with Gasteiger partial charge in [-0.1, -0.05) is 48.5 Å². The van der Waals surface area contributed by atoms with Gasteiger partial charge in [0.1, 0.15) is 12.0 Å². The summed E-state index contributed by atoms with van der Waals surface area (Å²) in [4.78, 5) is 25.0. The highest BCUT2D eigenvalue weighted by molar-refractivity contribution is 6.10. The van der Waals surface area contributed by atoms with Crippen molar-refractivity contribution in [3.63, 3.8) is 0 Å². The highest BCUT2D eigenvalue weighted by Crippen LogP contribution is 2.36. The molecule has 1 amide bonds. The largest absolute Gasteiger partial charge is 0.472 e. The zero-order chi connectivity index (χ0) is 26.3. The lowest BCUT2D eigenvalue weighted by Crippen LogP contribution is -2.38. The van der Waals surface area contributed by atoms with Crippen LogP contribution in [0.4, 0.5) is 24.5 Å². The second-order valence-corrected chi connectivity index (χ2v) is 8.70. The van der Waals surface area contributed by atoms with E-state index in [0.717, 1.165) is 21.2 Å². The summed E-state index contributed by atoms with van der Waals surface area (Å²) in [5, 5.41) is 6.53. The van der Waals surface area contributed by atoms with Crippen LogP contribution in [0.1, 0.15) is 5.56 Å². The first kappa shape index (κ1) is 23.4. The summed E-state index contributed by atoms with van der Waals surface area (Å²) in [7, 11) is 0. The molecule has 0 atom stereocenters. The van der Waals surface area contributed by atoms with E-state index in [4.69, 9.17) is 0 Å². The molecule has 10 heteroatoms. The van der Waals surface area contributed by atoms with E-state index in [-0.39, 0.29) is 17.9 Å². The topological polar surface area (TPSA) is 79.7 Å². The number of anilines is 2. The Morgan fingerprint density at radius 1 is 0.947 bits per heavy atom. The summed E-state index contributed by atoms with van der Waals surface area (Å²) in [6.45, 7) is 0.277. The van der Waals surface area contributed by atoms with Crippen LogP contribution in [0.5, 0.6) is 0 Å². The number of amides is 1. The second kappa shape index (κ2) is 9.15. The average Bonchev–Trinajstić information content (AvgIpc) is 3.58. The van der Waals surface area contributed by atoms with E-state index in [1.54, 1.807) is 71.7 Å². The molecule has 0 bridgehead atoms. The van der Waals surface area contributed by atoms with Gasteiger partial charge >= 0.3 is 12.1 Å². The molecule has 0 unspecified atom stereocenters. The van der Waals surface area contributed by atoms with Crippen LogP contribution in [0.25, 0.3) is 33.1 Å². The number of hydrogen-bond acceptors (Lipinski definition) is 4. The summed E-state index contributed by atoms with van der Waals surface area (Å²) in [5.74, 6) is -1.97. The lowest BCUT2D eigenvalue weighted by atomic mass is 10.1. The van der Waals surface area contributed by atoms with Gasteiger partial charge in [-0.25, -0.2) is 9.97 Å². The number of halogens is 3. The van der Waals surface area contributed by atoms with Crippen molar-refractivity contribution in [3.8, 4) is 11.3 Å². The molecule has 1 N–H and O–H groups in total. The minimum Gasteiger partial charge on any atom is -0.346 e. The van der Waals surface area contributed by atoms with Crippen molar-refractivity contribution >= 4 is 39.1 Å². The van der Waals surface area contributed by atoms with Crippen LogP contribution in [0.3, 0.4) is 0 Å². The molecule has 0 saturated heterocycles. The van der Waals surface area contributed by atoms with Gasteiger partial charge in [0, 0.05) is 34.4 Å². The fourth-order valence-electron chi connectivity index (χ4n) is 4.55. The molecule has 0 aliphatic heterocycles. The minimum atomic E-state index is -5.06. The molecule has 0 aliphatic carbocycles. The Balaban J connectivity index is 1.37. The van der Waals surface area contributed by atoms with Crippen molar-refractivity contribution in [2.24, 2.45) is 0 Å². The summed E-state index contributed by atoms with van der Waals surface area (Å²) in [6.07, 6.45) is 1.67. The van der Waals surface area contributed by atoms with E-state index >= 15 is 0 Å². The van der Waals surface area contributed by atoms with Gasteiger partial charge in [0.25, 0.3) is 0 Å². The molecule has 0 spiro atoms. The van der Waals surface area contributed by atoms with Crippen molar-refractivity contribution in [2.75, 3.05) is 4.90 Å². The Labute approximate surface area is 214 Å². The molecule has 3 aromatic carbocycles. The van der Waals surface area contributed by atoms with Crippen molar-refractivity contribution in [2.45, 2.75) is 12.7 Å². The third-order valence-corrected chi connectivity index (χ3v) is 6.23. The number of aromatic nitrogens is 5. The Morgan fingerprint density at radius 3 is 2.63 bits per heavy atom. The number of fused-ring (bicyclic) bond motifs is 2. The van der Waals surface area contributed by atoms with Crippen molar-refractivity contribution in [1.29, 1.82) is 0 Å². The number of nitrogens with zero attached hydrogens (tertiary/aromatic N) is 5. The fourth-order valence-corrected chi connectivity index (χ4v) is 4.55. The molecule has 6 aromatic rings. The van der Waals surface area contributed by atoms with Crippen LogP contribution in [0, 0.1) is 0 Å². The lowest BCUT2D eigenvalue weighted by Gasteiger charge is -2.26. The van der Waals surface area contributed by atoms with E-state index in [9.17, 15) is 18.0 Å². The average molecular weight is 512 g/mol. The number of rotatable bonds is 5. The number of nitrogens with one attached hydrogen (secondary N) is 1. The van der Waals surface area contributed by atoms with Crippen LogP contribution < -0.4 is 4.90 Å². The van der Waals surface area contributed by atoms with E-state index in [1.807, 2.05) is 12.3 Å². The maximum absolute atomic E-state index is 13.8. The van der Waals surface area contributed by atoms with E-state index in [0.29, 0.717) is 22.3 Å². The van der Waals surface area contributed by atoms with Crippen LogP contribution in [-0.4, -0.2) is 36.8 Å². The Hall–Kier alpha value is -4.99. The van der Waals surface area contributed by atoms with Gasteiger partial charge in [-0.15, -0.1) is 0 Å². The number of carbonyl (C=O) groups is 1. The zero-order valence-corrected chi connectivity index (χ0v) is 19.7. The van der Waals surface area contributed by atoms with E-state index in [1.165, 1.54) is 18.5 Å². The van der Waals surface area contributed by atoms with Gasteiger partial charge in [0.15, 0.2) is 0 Å². The van der Waals surface area contributed by atoms with Crippen molar-refractivity contribution < 1.29 is 18.0 Å². The Bertz CT molecular complexity index is 1780. The van der Waals surface area contributed by atoms with Gasteiger partial charge in [-0.2, -0.15) is 18.3 Å². The van der Waals surface area contributed by atoms with Gasteiger partial charge in [0.05, 0.1) is 24.1 Å². The number of alkyl halides is 3. The SMILES string of the molecule is O=C(N(c1cccc(Cn2cc(-c3ncnc4[nH]ccc34)cn2)c1)c1cccc2ccccc12)C(F)(F)F. The normalized spacial score (nSPS) is 11.8. The maximum atomic E-state index is 13.8. The molecule has 188 valence electrons. The molecule has 3 heterocycles. The number of hydrogen-bond donors (Lipinski definition) is 1. The van der Waals surface area contributed by atoms with E-state index < -0.39 is 12.1 Å². The maximum Gasteiger partial charge on any atom is 0.472 e. The summed E-state index contributed by atoms with van der Waals surface area (Å²) < 4.78 is 42.9.